The van der Waals surface area contributed by atoms with E-state index in [1.165, 1.54) is 12.4 Å². The van der Waals surface area contributed by atoms with Crippen LogP contribution in [0.2, 0.25) is 0 Å². The first-order valence-electron chi connectivity index (χ1n) is 7.56. The van der Waals surface area contributed by atoms with Gasteiger partial charge in [-0.2, -0.15) is 18.3 Å². The maximum absolute atomic E-state index is 12.4. The van der Waals surface area contributed by atoms with Gasteiger partial charge in [0.1, 0.15) is 12.1 Å². The Balaban J connectivity index is 1.68. The predicted octanol–water partition coefficient (Wildman–Crippen LogP) is 2.95. The second-order valence-electron chi connectivity index (χ2n) is 7.46. The van der Waals surface area contributed by atoms with Crippen molar-refractivity contribution in [3.63, 3.8) is 0 Å². The number of fused-ring (bicyclic) bond motifs is 1. The Kier molecular flexibility index (Phi) is 3.42. The first-order chi connectivity index (χ1) is 10.5. The van der Waals surface area contributed by atoms with Gasteiger partial charge in [-0.3, -0.25) is 4.68 Å². The summed E-state index contributed by atoms with van der Waals surface area (Å²) in [6, 6.07) is 0. The Labute approximate surface area is 132 Å². The molecular weight excluding hydrogens is 311 g/mol. The molecule has 0 bridgehead atoms. The molecule has 8 heteroatoms. The van der Waals surface area contributed by atoms with E-state index in [1.54, 1.807) is 25.7 Å². The molecule has 1 aromatic rings. The highest BCUT2D eigenvalue weighted by Gasteiger charge is 2.62. The van der Waals surface area contributed by atoms with Crippen LogP contribution in [0.3, 0.4) is 0 Å². The van der Waals surface area contributed by atoms with Gasteiger partial charge < -0.3 is 9.64 Å². The highest BCUT2D eigenvalue weighted by Crippen LogP contribution is 2.59. The SMILES string of the molecule is CC(C)(C)OC(=O)N1CC2CC2(c2cnn(CC(F)(F)F)c2)C1. The van der Waals surface area contributed by atoms with Crippen LogP contribution < -0.4 is 0 Å². The number of ether oxygens (including phenoxy) is 1. The van der Waals surface area contributed by atoms with Gasteiger partial charge >= 0.3 is 12.3 Å². The Morgan fingerprint density at radius 3 is 2.74 bits per heavy atom. The van der Waals surface area contributed by atoms with Crippen LogP contribution in [0.1, 0.15) is 32.8 Å². The van der Waals surface area contributed by atoms with Crippen molar-refractivity contribution in [3.05, 3.63) is 18.0 Å². The van der Waals surface area contributed by atoms with Gasteiger partial charge in [-0.1, -0.05) is 0 Å². The fourth-order valence-corrected chi connectivity index (χ4v) is 3.29. The van der Waals surface area contributed by atoms with E-state index in [4.69, 9.17) is 4.74 Å². The molecule has 2 aliphatic rings. The summed E-state index contributed by atoms with van der Waals surface area (Å²) in [4.78, 5) is 13.8. The van der Waals surface area contributed by atoms with Crippen molar-refractivity contribution in [2.24, 2.45) is 5.92 Å². The lowest BCUT2D eigenvalue weighted by Crippen LogP contribution is -2.37. The fraction of sp³-hybridized carbons (Fsp3) is 0.733. The normalized spacial score (nSPS) is 27.0. The van der Waals surface area contributed by atoms with Gasteiger partial charge in [0, 0.05) is 24.7 Å². The van der Waals surface area contributed by atoms with Crippen LogP contribution in [0, 0.1) is 5.92 Å². The lowest BCUT2D eigenvalue weighted by molar-refractivity contribution is -0.142. The molecule has 1 amide bonds. The quantitative estimate of drug-likeness (QED) is 0.837. The summed E-state index contributed by atoms with van der Waals surface area (Å²) < 4.78 is 43.6. The molecule has 23 heavy (non-hydrogen) atoms. The smallest absolute Gasteiger partial charge is 0.410 e. The molecule has 1 saturated heterocycles. The second kappa shape index (κ2) is 4.88. The number of piperidine rings is 1. The number of rotatable bonds is 2. The van der Waals surface area contributed by atoms with Crippen LogP contribution in [-0.2, 0) is 16.7 Å². The van der Waals surface area contributed by atoms with E-state index in [0.717, 1.165) is 16.7 Å². The lowest BCUT2D eigenvalue weighted by atomic mass is 9.99. The number of carbonyl (C=O) groups is 1. The first-order valence-corrected chi connectivity index (χ1v) is 7.56. The van der Waals surface area contributed by atoms with E-state index in [2.05, 4.69) is 5.10 Å². The molecule has 0 radical (unpaired) electrons. The van der Waals surface area contributed by atoms with E-state index in [1.807, 2.05) is 0 Å². The third kappa shape index (κ3) is 3.30. The van der Waals surface area contributed by atoms with E-state index >= 15 is 0 Å². The molecule has 1 aromatic heterocycles. The van der Waals surface area contributed by atoms with E-state index in [-0.39, 0.29) is 17.4 Å². The van der Waals surface area contributed by atoms with Gasteiger partial charge in [0.15, 0.2) is 0 Å². The molecule has 3 rings (SSSR count). The number of likely N-dealkylation sites (tertiary alicyclic amines) is 1. The standard InChI is InChI=1S/C15H20F3N3O2/c1-13(2,3)23-12(22)20-6-10-4-14(10,8-20)11-5-19-21(7-11)9-15(16,17)18/h5,7,10H,4,6,8-9H2,1-3H3. The number of alkyl halides is 3. The molecule has 1 aliphatic heterocycles. The van der Waals surface area contributed by atoms with E-state index in [0.29, 0.717) is 13.1 Å². The fourth-order valence-electron chi connectivity index (χ4n) is 3.29. The van der Waals surface area contributed by atoms with Crippen LogP contribution in [0.5, 0.6) is 0 Å². The van der Waals surface area contributed by atoms with Crippen LogP contribution in [0.15, 0.2) is 12.4 Å². The van der Waals surface area contributed by atoms with Crippen LogP contribution in [0.25, 0.3) is 0 Å². The lowest BCUT2D eigenvalue weighted by Gasteiger charge is -2.26. The minimum absolute atomic E-state index is 0.249. The van der Waals surface area contributed by atoms with Gasteiger partial charge in [0.2, 0.25) is 0 Å². The molecule has 1 aliphatic carbocycles. The summed E-state index contributed by atoms with van der Waals surface area (Å²) in [6.45, 7) is 5.38. The summed E-state index contributed by atoms with van der Waals surface area (Å²) in [6.07, 6.45) is -0.838. The minimum Gasteiger partial charge on any atom is -0.444 e. The molecule has 5 nitrogen and oxygen atoms in total. The first kappa shape index (κ1) is 16.1. The van der Waals surface area contributed by atoms with Gasteiger partial charge in [-0.25, -0.2) is 4.79 Å². The molecule has 1 saturated carbocycles. The number of amides is 1. The monoisotopic (exact) mass is 331 g/mol. The Morgan fingerprint density at radius 2 is 2.13 bits per heavy atom. The van der Waals surface area contributed by atoms with Crippen molar-refractivity contribution in [1.29, 1.82) is 0 Å². The number of nitrogens with zero attached hydrogens (tertiary/aromatic N) is 3. The molecule has 2 atom stereocenters. The molecule has 0 spiro atoms. The van der Waals surface area contributed by atoms with E-state index in [9.17, 15) is 18.0 Å². The van der Waals surface area contributed by atoms with Crippen molar-refractivity contribution in [2.75, 3.05) is 13.1 Å². The summed E-state index contributed by atoms with van der Waals surface area (Å²) >= 11 is 0. The average Bonchev–Trinajstić information content (AvgIpc) is 2.74. The molecule has 0 aromatic carbocycles. The number of carbonyl (C=O) groups excluding carboxylic acids is 1. The zero-order valence-electron chi connectivity index (χ0n) is 13.4. The predicted molar refractivity (Wildman–Crippen MR) is 75.9 cm³/mol. The Hall–Kier alpha value is -1.73. The summed E-state index contributed by atoms with van der Waals surface area (Å²) in [5, 5.41) is 3.81. The van der Waals surface area contributed by atoms with Gasteiger partial charge in [0.25, 0.3) is 0 Å². The molecular formula is C15H20F3N3O2. The summed E-state index contributed by atoms with van der Waals surface area (Å²) in [5.74, 6) is 0.276. The largest absolute Gasteiger partial charge is 0.444 e. The molecule has 2 unspecified atom stereocenters. The molecule has 0 N–H and O–H groups in total. The molecule has 2 fully saturated rings. The zero-order chi connectivity index (χ0) is 17.0. The maximum Gasteiger partial charge on any atom is 0.410 e. The van der Waals surface area contributed by atoms with Gasteiger partial charge in [0.05, 0.1) is 6.20 Å². The second-order valence-corrected chi connectivity index (χ2v) is 7.46. The Bertz CT molecular complexity index is 620. The number of aromatic nitrogens is 2. The molecule has 128 valence electrons. The average molecular weight is 331 g/mol. The third-order valence-corrected chi connectivity index (χ3v) is 4.35. The maximum atomic E-state index is 12.4. The molecule has 2 heterocycles. The number of halogens is 3. The minimum atomic E-state index is -4.29. The highest BCUT2D eigenvalue weighted by molar-refractivity contribution is 5.69. The third-order valence-electron chi connectivity index (χ3n) is 4.35. The van der Waals surface area contributed by atoms with E-state index < -0.39 is 18.3 Å². The van der Waals surface area contributed by atoms with Crippen molar-refractivity contribution in [1.82, 2.24) is 14.7 Å². The number of hydrogen-bond donors (Lipinski definition) is 0. The van der Waals surface area contributed by atoms with Crippen molar-refractivity contribution < 1.29 is 22.7 Å². The highest BCUT2D eigenvalue weighted by atomic mass is 19.4. The van der Waals surface area contributed by atoms with Crippen LogP contribution in [-0.4, -0.2) is 45.6 Å². The zero-order valence-corrected chi connectivity index (χ0v) is 13.4. The van der Waals surface area contributed by atoms with Crippen LogP contribution >= 0.6 is 0 Å². The van der Waals surface area contributed by atoms with Crippen LogP contribution in [0.4, 0.5) is 18.0 Å². The van der Waals surface area contributed by atoms with Gasteiger partial charge in [-0.15, -0.1) is 0 Å². The summed E-state index contributed by atoms with van der Waals surface area (Å²) in [5.41, 5.74) is -0.0344. The summed E-state index contributed by atoms with van der Waals surface area (Å²) in [7, 11) is 0. The number of hydrogen-bond acceptors (Lipinski definition) is 3. The van der Waals surface area contributed by atoms with Crippen molar-refractivity contribution in [3.8, 4) is 0 Å². The Morgan fingerprint density at radius 1 is 1.43 bits per heavy atom. The van der Waals surface area contributed by atoms with Gasteiger partial charge in [-0.05, 0) is 38.7 Å². The topological polar surface area (TPSA) is 47.4 Å². The van der Waals surface area contributed by atoms with Crippen molar-refractivity contribution >= 4 is 6.09 Å². The van der Waals surface area contributed by atoms with Crippen molar-refractivity contribution in [2.45, 2.75) is 50.9 Å².